The van der Waals surface area contributed by atoms with E-state index in [1.54, 1.807) is 17.1 Å². The SMILES string of the molecule is O=C(N[C@@H]1CN(Cc2ccn[nH]2)C[C@H]1O)c1cscn1. The number of nitrogens with one attached hydrogen (secondary N) is 2. The Morgan fingerprint density at radius 1 is 1.60 bits per heavy atom. The van der Waals surface area contributed by atoms with Crippen molar-refractivity contribution in [3.05, 3.63) is 34.5 Å². The standard InChI is InChI=1S/C12H15N5O2S/c18-11-5-17(3-8-1-2-14-16-8)4-9(11)15-12(19)10-6-20-7-13-10/h1-2,6-7,9,11,18H,3-5H2,(H,14,16)(H,15,19)/t9-,11-/m1/s1. The molecule has 106 valence electrons. The lowest BCUT2D eigenvalue weighted by atomic mass is 10.2. The number of thiazole rings is 1. The minimum atomic E-state index is -0.569. The summed E-state index contributed by atoms with van der Waals surface area (Å²) in [6.07, 6.45) is 1.13. The predicted octanol–water partition coefficient (Wildman–Crippen LogP) is -0.159. The fourth-order valence-electron chi connectivity index (χ4n) is 2.32. The van der Waals surface area contributed by atoms with Crippen LogP contribution in [0.1, 0.15) is 16.2 Å². The summed E-state index contributed by atoms with van der Waals surface area (Å²) in [6.45, 7) is 1.82. The molecule has 0 aromatic carbocycles. The molecule has 0 unspecified atom stereocenters. The van der Waals surface area contributed by atoms with E-state index in [-0.39, 0.29) is 11.9 Å². The molecular weight excluding hydrogens is 278 g/mol. The number of H-pyrrole nitrogens is 1. The Morgan fingerprint density at radius 2 is 2.50 bits per heavy atom. The van der Waals surface area contributed by atoms with E-state index >= 15 is 0 Å². The molecule has 1 saturated heterocycles. The molecule has 2 aromatic rings. The summed E-state index contributed by atoms with van der Waals surface area (Å²) in [5, 5.41) is 21.3. The number of aromatic nitrogens is 3. The number of rotatable bonds is 4. The van der Waals surface area contributed by atoms with E-state index in [4.69, 9.17) is 0 Å². The van der Waals surface area contributed by atoms with Crippen molar-refractivity contribution < 1.29 is 9.90 Å². The molecule has 7 nitrogen and oxygen atoms in total. The van der Waals surface area contributed by atoms with Gasteiger partial charge in [0.25, 0.3) is 5.91 Å². The van der Waals surface area contributed by atoms with Crippen LogP contribution in [0.5, 0.6) is 0 Å². The molecule has 3 N–H and O–H groups in total. The van der Waals surface area contributed by atoms with Gasteiger partial charge in [-0.25, -0.2) is 4.98 Å². The van der Waals surface area contributed by atoms with E-state index in [2.05, 4.69) is 25.4 Å². The molecule has 1 fully saturated rings. The van der Waals surface area contributed by atoms with Gasteiger partial charge in [-0.2, -0.15) is 5.10 Å². The average molecular weight is 293 g/mol. The summed E-state index contributed by atoms with van der Waals surface area (Å²) in [5.41, 5.74) is 3.00. The van der Waals surface area contributed by atoms with Crippen molar-refractivity contribution in [1.82, 2.24) is 25.4 Å². The summed E-state index contributed by atoms with van der Waals surface area (Å²) >= 11 is 1.37. The van der Waals surface area contributed by atoms with Gasteiger partial charge in [0.2, 0.25) is 0 Å². The van der Waals surface area contributed by atoms with Crippen molar-refractivity contribution in [3.63, 3.8) is 0 Å². The van der Waals surface area contributed by atoms with Crippen molar-refractivity contribution in [2.24, 2.45) is 0 Å². The third kappa shape index (κ3) is 2.87. The normalized spacial score (nSPS) is 23.1. The van der Waals surface area contributed by atoms with Crippen LogP contribution in [0.3, 0.4) is 0 Å². The molecule has 20 heavy (non-hydrogen) atoms. The van der Waals surface area contributed by atoms with Crippen molar-refractivity contribution >= 4 is 17.2 Å². The van der Waals surface area contributed by atoms with E-state index in [9.17, 15) is 9.90 Å². The quantitative estimate of drug-likeness (QED) is 0.728. The molecule has 1 amide bonds. The maximum absolute atomic E-state index is 11.9. The Bertz CT molecular complexity index is 556. The summed E-state index contributed by atoms with van der Waals surface area (Å²) in [5.74, 6) is -0.237. The number of hydrogen-bond donors (Lipinski definition) is 3. The average Bonchev–Trinajstić information content (AvgIpc) is 3.14. The first-order valence-electron chi connectivity index (χ1n) is 6.30. The number of β-amino-alcohol motifs (C(OH)–C–C–N with tert-alkyl or cyclic N) is 1. The van der Waals surface area contributed by atoms with E-state index in [1.165, 1.54) is 11.3 Å². The third-order valence-corrected chi connectivity index (χ3v) is 3.88. The number of aromatic amines is 1. The van der Waals surface area contributed by atoms with Gasteiger partial charge in [-0.1, -0.05) is 0 Å². The van der Waals surface area contributed by atoms with Gasteiger partial charge < -0.3 is 10.4 Å². The van der Waals surface area contributed by atoms with Gasteiger partial charge in [0.1, 0.15) is 5.69 Å². The predicted molar refractivity (Wildman–Crippen MR) is 73.2 cm³/mol. The smallest absolute Gasteiger partial charge is 0.271 e. The first-order chi connectivity index (χ1) is 9.72. The highest BCUT2D eigenvalue weighted by atomic mass is 32.1. The Labute approximate surface area is 119 Å². The van der Waals surface area contributed by atoms with Gasteiger partial charge in [0.15, 0.2) is 0 Å². The zero-order chi connectivity index (χ0) is 13.9. The first-order valence-corrected chi connectivity index (χ1v) is 7.24. The molecule has 0 saturated carbocycles. The van der Waals surface area contributed by atoms with Gasteiger partial charge in [0, 0.05) is 36.9 Å². The molecule has 0 bridgehead atoms. The Morgan fingerprint density at radius 3 is 3.20 bits per heavy atom. The van der Waals surface area contributed by atoms with E-state index in [1.807, 2.05) is 6.07 Å². The zero-order valence-electron chi connectivity index (χ0n) is 10.7. The lowest BCUT2D eigenvalue weighted by Crippen LogP contribution is -2.42. The molecule has 1 aliphatic rings. The van der Waals surface area contributed by atoms with Crippen molar-refractivity contribution in [3.8, 4) is 0 Å². The number of likely N-dealkylation sites (tertiary alicyclic amines) is 1. The van der Waals surface area contributed by atoms with Crippen LogP contribution in [0.2, 0.25) is 0 Å². The molecule has 3 heterocycles. The molecule has 2 aromatic heterocycles. The minimum Gasteiger partial charge on any atom is -0.390 e. The maximum atomic E-state index is 11.9. The number of amides is 1. The second-order valence-corrected chi connectivity index (χ2v) is 5.52. The zero-order valence-corrected chi connectivity index (χ0v) is 11.5. The highest BCUT2D eigenvalue weighted by Crippen LogP contribution is 2.14. The van der Waals surface area contributed by atoms with Crippen molar-refractivity contribution in [2.75, 3.05) is 13.1 Å². The highest BCUT2D eigenvalue weighted by molar-refractivity contribution is 7.07. The van der Waals surface area contributed by atoms with Gasteiger partial charge >= 0.3 is 0 Å². The van der Waals surface area contributed by atoms with Crippen LogP contribution in [0.15, 0.2) is 23.2 Å². The molecular formula is C12H15N5O2S. The third-order valence-electron chi connectivity index (χ3n) is 3.30. The van der Waals surface area contributed by atoms with Crippen LogP contribution in [0, 0.1) is 0 Å². The first kappa shape index (κ1) is 13.2. The lowest BCUT2D eigenvalue weighted by molar-refractivity contribution is 0.0884. The summed E-state index contributed by atoms with van der Waals surface area (Å²) in [6, 6.07) is 1.63. The van der Waals surface area contributed by atoms with E-state index < -0.39 is 6.10 Å². The molecule has 2 atom stereocenters. The van der Waals surface area contributed by atoms with Crippen molar-refractivity contribution in [2.45, 2.75) is 18.7 Å². The summed E-state index contributed by atoms with van der Waals surface area (Å²) < 4.78 is 0. The van der Waals surface area contributed by atoms with Gasteiger partial charge in [0.05, 0.1) is 17.7 Å². The Hall–Kier alpha value is -1.77. The van der Waals surface area contributed by atoms with Crippen LogP contribution in [-0.2, 0) is 6.54 Å². The number of carbonyl (C=O) groups excluding carboxylic acids is 1. The summed E-state index contributed by atoms with van der Waals surface area (Å²) in [4.78, 5) is 18.0. The molecule has 8 heteroatoms. The number of hydrogen-bond acceptors (Lipinski definition) is 6. The fraction of sp³-hybridized carbons (Fsp3) is 0.417. The number of aliphatic hydroxyl groups is 1. The van der Waals surface area contributed by atoms with Gasteiger partial charge in [-0.15, -0.1) is 11.3 Å². The molecule has 3 rings (SSSR count). The van der Waals surface area contributed by atoms with Crippen LogP contribution in [-0.4, -0.2) is 56.3 Å². The van der Waals surface area contributed by atoms with Crippen LogP contribution >= 0.6 is 11.3 Å². The van der Waals surface area contributed by atoms with Gasteiger partial charge in [-0.3, -0.25) is 14.8 Å². The number of carbonyl (C=O) groups is 1. The Balaban J connectivity index is 1.57. The number of nitrogens with zero attached hydrogens (tertiary/aromatic N) is 3. The second kappa shape index (κ2) is 5.70. The van der Waals surface area contributed by atoms with Crippen LogP contribution in [0.25, 0.3) is 0 Å². The van der Waals surface area contributed by atoms with Crippen LogP contribution < -0.4 is 5.32 Å². The molecule has 1 aliphatic heterocycles. The highest BCUT2D eigenvalue weighted by Gasteiger charge is 2.32. The monoisotopic (exact) mass is 293 g/mol. The van der Waals surface area contributed by atoms with Gasteiger partial charge in [-0.05, 0) is 6.07 Å². The van der Waals surface area contributed by atoms with E-state index in [0.717, 1.165) is 5.69 Å². The molecule has 0 radical (unpaired) electrons. The minimum absolute atomic E-state index is 0.237. The largest absolute Gasteiger partial charge is 0.390 e. The molecule has 0 spiro atoms. The fourth-order valence-corrected chi connectivity index (χ4v) is 2.85. The number of aliphatic hydroxyl groups excluding tert-OH is 1. The topological polar surface area (TPSA) is 94.1 Å². The van der Waals surface area contributed by atoms with Crippen molar-refractivity contribution in [1.29, 1.82) is 0 Å². The van der Waals surface area contributed by atoms with E-state index in [0.29, 0.717) is 25.3 Å². The molecule has 0 aliphatic carbocycles. The second-order valence-electron chi connectivity index (χ2n) is 4.80. The summed E-state index contributed by atoms with van der Waals surface area (Å²) in [7, 11) is 0. The lowest BCUT2D eigenvalue weighted by Gasteiger charge is -2.15. The maximum Gasteiger partial charge on any atom is 0.271 e. The van der Waals surface area contributed by atoms with Crippen LogP contribution in [0.4, 0.5) is 0 Å². The Kier molecular flexibility index (Phi) is 3.77.